The van der Waals surface area contributed by atoms with E-state index >= 15 is 0 Å². The summed E-state index contributed by atoms with van der Waals surface area (Å²) in [5.41, 5.74) is 0.426. The Kier molecular flexibility index (Phi) is 4.44. The van der Waals surface area contributed by atoms with E-state index in [1.54, 1.807) is 23.0 Å². The van der Waals surface area contributed by atoms with Gasteiger partial charge in [-0.3, -0.25) is 10.1 Å². The van der Waals surface area contributed by atoms with Gasteiger partial charge in [0.25, 0.3) is 0 Å². The number of imidazole rings is 1. The molecule has 1 amide bonds. The topological polar surface area (TPSA) is 86.3 Å². The third-order valence-corrected chi connectivity index (χ3v) is 4.03. The van der Waals surface area contributed by atoms with Crippen LogP contribution in [0.15, 0.2) is 49.2 Å². The van der Waals surface area contributed by atoms with E-state index in [1.807, 2.05) is 0 Å². The number of ether oxygens (including phenoxy) is 1. The SMILES string of the molecule is COc1ccc(F)c(-c2ccc3nc(NC(=O)Cn4ccnc4)nn3c2)c1F. The Morgan fingerprint density at radius 3 is 2.86 bits per heavy atom. The van der Waals surface area contributed by atoms with Gasteiger partial charge in [-0.2, -0.15) is 4.98 Å². The lowest BCUT2D eigenvalue weighted by atomic mass is 10.1. The number of pyridine rings is 1. The van der Waals surface area contributed by atoms with E-state index in [4.69, 9.17) is 4.74 Å². The molecule has 0 aliphatic rings. The standard InChI is InChI=1S/C18H14F2N6O2/c1-28-13-4-3-12(19)16(17(13)20)11-2-5-14-22-18(24-26(14)8-11)23-15(27)9-25-7-6-21-10-25/h2-8,10H,9H2,1H3,(H,23,24,27). The minimum Gasteiger partial charge on any atom is -0.494 e. The minimum absolute atomic E-state index is 0.0566. The van der Waals surface area contributed by atoms with Crippen molar-refractivity contribution in [3.8, 4) is 16.9 Å². The van der Waals surface area contributed by atoms with Gasteiger partial charge in [0.05, 0.1) is 19.0 Å². The first-order chi connectivity index (χ1) is 13.5. The first kappa shape index (κ1) is 17.6. The number of benzene rings is 1. The number of halogens is 2. The molecule has 0 aliphatic carbocycles. The molecule has 0 saturated carbocycles. The molecule has 0 saturated heterocycles. The van der Waals surface area contributed by atoms with Crippen molar-refractivity contribution < 1.29 is 18.3 Å². The molecule has 8 nitrogen and oxygen atoms in total. The maximum absolute atomic E-state index is 14.5. The molecule has 0 fully saturated rings. The van der Waals surface area contributed by atoms with Crippen molar-refractivity contribution in [1.82, 2.24) is 24.1 Å². The molecule has 10 heteroatoms. The van der Waals surface area contributed by atoms with E-state index < -0.39 is 11.6 Å². The molecule has 142 valence electrons. The molecular weight excluding hydrogens is 370 g/mol. The number of fused-ring (bicyclic) bond motifs is 1. The maximum Gasteiger partial charge on any atom is 0.249 e. The van der Waals surface area contributed by atoms with Crippen LogP contribution in [-0.2, 0) is 11.3 Å². The monoisotopic (exact) mass is 384 g/mol. The Balaban J connectivity index is 1.63. The fourth-order valence-electron chi connectivity index (χ4n) is 2.75. The lowest BCUT2D eigenvalue weighted by molar-refractivity contribution is -0.116. The summed E-state index contributed by atoms with van der Waals surface area (Å²) in [6, 6.07) is 5.41. The molecule has 4 aromatic rings. The van der Waals surface area contributed by atoms with Crippen LogP contribution in [0.1, 0.15) is 0 Å². The number of amides is 1. The highest BCUT2D eigenvalue weighted by Gasteiger charge is 2.17. The third-order valence-electron chi connectivity index (χ3n) is 4.03. The molecule has 1 N–H and O–H groups in total. The number of nitrogens with one attached hydrogen (secondary N) is 1. The van der Waals surface area contributed by atoms with E-state index in [2.05, 4.69) is 20.4 Å². The third kappa shape index (κ3) is 3.27. The second-order valence-electron chi connectivity index (χ2n) is 5.88. The molecule has 0 bridgehead atoms. The summed E-state index contributed by atoms with van der Waals surface area (Å²) in [6.45, 7) is 0.0566. The van der Waals surface area contributed by atoms with Crippen LogP contribution < -0.4 is 10.1 Å². The van der Waals surface area contributed by atoms with Crippen LogP contribution in [0.3, 0.4) is 0 Å². The zero-order valence-electron chi connectivity index (χ0n) is 14.6. The largest absolute Gasteiger partial charge is 0.494 e. The predicted octanol–water partition coefficient (Wildman–Crippen LogP) is 2.52. The second kappa shape index (κ2) is 7.06. The van der Waals surface area contributed by atoms with Crippen molar-refractivity contribution in [3.05, 3.63) is 60.8 Å². The first-order valence-electron chi connectivity index (χ1n) is 8.19. The Hall–Kier alpha value is -3.82. The first-order valence-corrected chi connectivity index (χ1v) is 8.19. The highest BCUT2D eigenvalue weighted by molar-refractivity contribution is 5.89. The van der Waals surface area contributed by atoms with Gasteiger partial charge in [-0.25, -0.2) is 18.3 Å². The molecule has 28 heavy (non-hydrogen) atoms. The van der Waals surface area contributed by atoms with Crippen LogP contribution in [0, 0.1) is 11.6 Å². The highest BCUT2D eigenvalue weighted by Crippen LogP contribution is 2.31. The molecule has 3 aromatic heterocycles. The fraction of sp³-hybridized carbons (Fsp3) is 0.111. The summed E-state index contributed by atoms with van der Waals surface area (Å²) in [5, 5.41) is 6.71. The van der Waals surface area contributed by atoms with Crippen LogP contribution in [0.2, 0.25) is 0 Å². The van der Waals surface area contributed by atoms with Crippen LogP contribution in [0.4, 0.5) is 14.7 Å². The van der Waals surface area contributed by atoms with E-state index in [-0.39, 0.29) is 35.3 Å². The molecule has 0 unspecified atom stereocenters. The van der Waals surface area contributed by atoms with Crippen LogP contribution in [0.25, 0.3) is 16.8 Å². The number of rotatable bonds is 5. The van der Waals surface area contributed by atoms with Gasteiger partial charge in [0.15, 0.2) is 17.2 Å². The summed E-state index contributed by atoms with van der Waals surface area (Å²) >= 11 is 0. The summed E-state index contributed by atoms with van der Waals surface area (Å²) in [6.07, 6.45) is 6.16. The number of hydrogen-bond donors (Lipinski definition) is 1. The second-order valence-corrected chi connectivity index (χ2v) is 5.88. The molecule has 0 atom stereocenters. The number of carbonyl (C=O) groups excluding carboxylic acids is 1. The Morgan fingerprint density at radius 1 is 1.25 bits per heavy atom. The highest BCUT2D eigenvalue weighted by atomic mass is 19.1. The quantitative estimate of drug-likeness (QED) is 0.571. The van der Waals surface area contributed by atoms with Gasteiger partial charge in [0, 0.05) is 24.2 Å². The number of carbonyl (C=O) groups is 1. The number of aromatic nitrogens is 5. The van der Waals surface area contributed by atoms with Crippen molar-refractivity contribution in [2.24, 2.45) is 0 Å². The van der Waals surface area contributed by atoms with Crippen molar-refractivity contribution >= 4 is 17.5 Å². The number of hydrogen-bond acceptors (Lipinski definition) is 5. The van der Waals surface area contributed by atoms with E-state index in [0.29, 0.717) is 5.65 Å². The summed E-state index contributed by atoms with van der Waals surface area (Å²) in [5.74, 6) is -1.86. The molecule has 1 aromatic carbocycles. The summed E-state index contributed by atoms with van der Waals surface area (Å²) in [7, 11) is 1.31. The van der Waals surface area contributed by atoms with Gasteiger partial charge in [0.2, 0.25) is 11.9 Å². The molecule has 0 spiro atoms. The lowest BCUT2D eigenvalue weighted by Gasteiger charge is -2.09. The smallest absolute Gasteiger partial charge is 0.249 e. The predicted molar refractivity (Wildman–Crippen MR) is 95.7 cm³/mol. The molecule has 3 heterocycles. The lowest BCUT2D eigenvalue weighted by Crippen LogP contribution is -2.18. The van der Waals surface area contributed by atoms with Crippen LogP contribution >= 0.6 is 0 Å². The van der Waals surface area contributed by atoms with Crippen molar-refractivity contribution in [2.75, 3.05) is 12.4 Å². The van der Waals surface area contributed by atoms with Gasteiger partial charge >= 0.3 is 0 Å². The van der Waals surface area contributed by atoms with Crippen LogP contribution in [-0.4, -0.2) is 37.2 Å². The van der Waals surface area contributed by atoms with Crippen molar-refractivity contribution in [1.29, 1.82) is 0 Å². The summed E-state index contributed by atoms with van der Waals surface area (Å²) < 4.78 is 36.5. The van der Waals surface area contributed by atoms with Gasteiger partial charge in [-0.15, -0.1) is 5.10 Å². The maximum atomic E-state index is 14.5. The number of anilines is 1. The number of nitrogens with zero attached hydrogens (tertiary/aromatic N) is 5. The molecule has 4 rings (SSSR count). The average Bonchev–Trinajstić information content (AvgIpc) is 3.30. The molecule has 0 radical (unpaired) electrons. The minimum atomic E-state index is -0.809. The van der Waals surface area contributed by atoms with E-state index in [9.17, 15) is 13.6 Å². The van der Waals surface area contributed by atoms with E-state index in [0.717, 1.165) is 6.07 Å². The zero-order valence-corrected chi connectivity index (χ0v) is 14.6. The molecular formula is C18H14F2N6O2. The van der Waals surface area contributed by atoms with E-state index in [1.165, 1.54) is 36.3 Å². The Morgan fingerprint density at radius 2 is 2.11 bits per heavy atom. The van der Waals surface area contributed by atoms with Gasteiger partial charge in [-0.05, 0) is 24.3 Å². The van der Waals surface area contributed by atoms with Gasteiger partial charge in [0.1, 0.15) is 12.4 Å². The average molecular weight is 384 g/mol. The fourth-order valence-corrected chi connectivity index (χ4v) is 2.75. The summed E-state index contributed by atoms with van der Waals surface area (Å²) in [4.78, 5) is 20.1. The number of methoxy groups -OCH3 is 1. The van der Waals surface area contributed by atoms with Gasteiger partial charge in [-0.1, -0.05) is 0 Å². The Bertz CT molecular complexity index is 1160. The molecule has 0 aliphatic heterocycles. The van der Waals surface area contributed by atoms with Gasteiger partial charge < -0.3 is 9.30 Å². The zero-order chi connectivity index (χ0) is 19.7. The van der Waals surface area contributed by atoms with Crippen molar-refractivity contribution in [3.63, 3.8) is 0 Å². The Labute approximate surface area is 157 Å². The van der Waals surface area contributed by atoms with Crippen LogP contribution in [0.5, 0.6) is 5.75 Å². The normalized spacial score (nSPS) is 11.0. The van der Waals surface area contributed by atoms with Crippen molar-refractivity contribution in [2.45, 2.75) is 6.54 Å².